The van der Waals surface area contributed by atoms with Gasteiger partial charge in [-0.15, -0.1) is 11.6 Å². The topological polar surface area (TPSA) is 12.0 Å². The van der Waals surface area contributed by atoms with E-state index >= 15 is 0 Å². The largest absolute Gasteiger partial charge is 0.311 e. The van der Waals surface area contributed by atoms with Crippen LogP contribution >= 0.6 is 11.6 Å². The lowest BCUT2D eigenvalue weighted by molar-refractivity contribution is 0.322. The molecule has 1 nitrogen and oxygen atoms in total. The van der Waals surface area contributed by atoms with Gasteiger partial charge in [0, 0.05) is 11.4 Å². The Bertz CT molecular complexity index is 145. The minimum Gasteiger partial charge on any atom is -0.311 e. The Kier molecular flexibility index (Phi) is 8.55. The van der Waals surface area contributed by atoms with E-state index < -0.39 is 0 Å². The number of rotatable bonds is 9. The highest BCUT2D eigenvalue weighted by Gasteiger charge is 2.17. The molecule has 0 amide bonds. The van der Waals surface area contributed by atoms with Crippen molar-refractivity contribution in [2.45, 2.75) is 65.3 Å². The minimum atomic E-state index is 0.196. The Balaban J connectivity index is 3.77. The number of unbranched alkanes of at least 4 members (excludes halogenated alkanes) is 1. The fraction of sp³-hybridized carbons (Fsp3) is 1.00. The first-order valence-corrected chi connectivity index (χ1v) is 6.90. The van der Waals surface area contributed by atoms with E-state index in [-0.39, 0.29) is 5.54 Å². The second-order valence-corrected chi connectivity index (χ2v) is 5.50. The molecule has 2 heteroatoms. The van der Waals surface area contributed by atoms with Crippen molar-refractivity contribution in [3.05, 3.63) is 0 Å². The van der Waals surface area contributed by atoms with Crippen molar-refractivity contribution in [2.75, 3.05) is 12.4 Å². The number of alkyl halides is 1. The molecule has 0 radical (unpaired) electrons. The zero-order chi connectivity index (χ0) is 11.7. The highest BCUT2D eigenvalue weighted by Crippen LogP contribution is 2.15. The van der Waals surface area contributed by atoms with Crippen molar-refractivity contribution in [2.24, 2.45) is 5.92 Å². The molecule has 92 valence electrons. The van der Waals surface area contributed by atoms with Gasteiger partial charge in [-0.3, -0.25) is 0 Å². The summed E-state index contributed by atoms with van der Waals surface area (Å²) in [4.78, 5) is 0. The monoisotopic (exact) mass is 233 g/mol. The van der Waals surface area contributed by atoms with Crippen LogP contribution in [-0.2, 0) is 0 Å². The second kappa shape index (κ2) is 8.41. The van der Waals surface area contributed by atoms with Crippen molar-refractivity contribution < 1.29 is 0 Å². The summed E-state index contributed by atoms with van der Waals surface area (Å²) in [5, 5.41) is 3.64. The molecule has 0 aromatic heterocycles. The third kappa shape index (κ3) is 8.10. The highest BCUT2D eigenvalue weighted by molar-refractivity contribution is 6.17. The molecule has 1 atom stereocenters. The third-order valence-electron chi connectivity index (χ3n) is 3.13. The molecular weight excluding hydrogens is 206 g/mol. The van der Waals surface area contributed by atoms with Gasteiger partial charge < -0.3 is 5.32 Å². The third-order valence-corrected chi connectivity index (χ3v) is 3.32. The lowest BCUT2D eigenvalue weighted by atomic mass is 9.96. The average Bonchev–Trinajstić information content (AvgIpc) is 2.18. The summed E-state index contributed by atoms with van der Waals surface area (Å²) in [6.45, 7) is 10.2. The normalized spacial score (nSPS) is 14.2. The Morgan fingerprint density at radius 1 is 1.27 bits per heavy atom. The summed E-state index contributed by atoms with van der Waals surface area (Å²) in [7, 11) is 0. The van der Waals surface area contributed by atoms with Gasteiger partial charge in [0.2, 0.25) is 0 Å². The van der Waals surface area contributed by atoms with Crippen molar-refractivity contribution in [1.82, 2.24) is 5.32 Å². The predicted octanol–water partition coefficient (Wildman–Crippen LogP) is 4.20. The second-order valence-electron chi connectivity index (χ2n) is 5.12. The fourth-order valence-corrected chi connectivity index (χ4v) is 2.16. The first-order chi connectivity index (χ1) is 7.05. The van der Waals surface area contributed by atoms with Crippen LogP contribution in [-0.4, -0.2) is 18.0 Å². The van der Waals surface area contributed by atoms with Gasteiger partial charge in [-0.2, -0.15) is 0 Å². The van der Waals surface area contributed by atoms with Crippen LogP contribution in [0, 0.1) is 5.92 Å². The number of hydrogen-bond acceptors (Lipinski definition) is 1. The molecule has 0 fully saturated rings. The SMILES string of the molecule is CCCCC(CC)CNC(C)(C)CCCl. The first kappa shape index (κ1) is 15.2. The predicted molar refractivity (Wildman–Crippen MR) is 70.7 cm³/mol. The van der Waals surface area contributed by atoms with Gasteiger partial charge in [-0.25, -0.2) is 0 Å². The minimum absolute atomic E-state index is 0.196. The Hall–Kier alpha value is 0.250. The molecule has 0 rings (SSSR count). The van der Waals surface area contributed by atoms with E-state index in [2.05, 4.69) is 33.0 Å². The molecular formula is C13H28ClN. The Morgan fingerprint density at radius 3 is 2.40 bits per heavy atom. The van der Waals surface area contributed by atoms with Crippen LogP contribution < -0.4 is 5.32 Å². The molecule has 0 aliphatic rings. The van der Waals surface area contributed by atoms with Gasteiger partial charge in [0.25, 0.3) is 0 Å². The van der Waals surface area contributed by atoms with E-state index in [9.17, 15) is 0 Å². The summed E-state index contributed by atoms with van der Waals surface area (Å²) < 4.78 is 0. The molecule has 0 bridgehead atoms. The van der Waals surface area contributed by atoms with Crippen LogP contribution in [0.15, 0.2) is 0 Å². The van der Waals surface area contributed by atoms with Crippen molar-refractivity contribution in [1.29, 1.82) is 0 Å². The fourth-order valence-electron chi connectivity index (χ4n) is 1.69. The molecule has 0 aromatic carbocycles. The van der Waals surface area contributed by atoms with Crippen molar-refractivity contribution in [3.8, 4) is 0 Å². The average molecular weight is 234 g/mol. The number of halogens is 1. The lowest BCUT2D eigenvalue weighted by Gasteiger charge is -2.28. The highest BCUT2D eigenvalue weighted by atomic mass is 35.5. The van der Waals surface area contributed by atoms with E-state index in [0.29, 0.717) is 0 Å². The van der Waals surface area contributed by atoms with Crippen LogP contribution in [0.25, 0.3) is 0 Å². The van der Waals surface area contributed by atoms with Gasteiger partial charge in [0.05, 0.1) is 0 Å². The summed E-state index contributed by atoms with van der Waals surface area (Å²) in [6, 6.07) is 0. The molecule has 0 saturated carbocycles. The van der Waals surface area contributed by atoms with Crippen molar-refractivity contribution in [3.63, 3.8) is 0 Å². The van der Waals surface area contributed by atoms with E-state index in [1.165, 1.54) is 25.7 Å². The van der Waals surface area contributed by atoms with E-state index in [0.717, 1.165) is 24.8 Å². The Morgan fingerprint density at radius 2 is 1.93 bits per heavy atom. The maximum Gasteiger partial charge on any atom is 0.0240 e. The molecule has 0 heterocycles. The first-order valence-electron chi connectivity index (χ1n) is 6.36. The maximum absolute atomic E-state index is 5.78. The van der Waals surface area contributed by atoms with Gasteiger partial charge in [-0.05, 0) is 39.2 Å². The summed E-state index contributed by atoms with van der Waals surface area (Å²) in [5.41, 5.74) is 0.196. The van der Waals surface area contributed by atoms with Crippen LogP contribution in [0.1, 0.15) is 59.8 Å². The number of hydrogen-bond donors (Lipinski definition) is 1. The Labute approximate surface area is 101 Å². The lowest BCUT2D eigenvalue weighted by Crippen LogP contribution is -2.42. The maximum atomic E-state index is 5.78. The molecule has 0 aliphatic heterocycles. The van der Waals surface area contributed by atoms with Gasteiger partial charge in [-0.1, -0.05) is 33.1 Å². The van der Waals surface area contributed by atoms with Gasteiger partial charge in [0.1, 0.15) is 0 Å². The smallest absolute Gasteiger partial charge is 0.0240 e. The molecule has 0 aliphatic carbocycles. The zero-order valence-corrected chi connectivity index (χ0v) is 11.7. The van der Waals surface area contributed by atoms with Gasteiger partial charge in [0.15, 0.2) is 0 Å². The number of nitrogens with one attached hydrogen (secondary N) is 1. The molecule has 15 heavy (non-hydrogen) atoms. The van der Waals surface area contributed by atoms with Crippen molar-refractivity contribution >= 4 is 11.6 Å². The van der Waals surface area contributed by atoms with Crippen LogP contribution in [0.3, 0.4) is 0 Å². The van der Waals surface area contributed by atoms with Crippen LogP contribution in [0.4, 0.5) is 0 Å². The quantitative estimate of drug-likeness (QED) is 0.589. The van der Waals surface area contributed by atoms with E-state index in [4.69, 9.17) is 11.6 Å². The molecule has 0 spiro atoms. The van der Waals surface area contributed by atoms with E-state index in [1.54, 1.807) is 0 Å². The molecule has 0 aromatic rings. The summed E-state index contributed by atoms with van der Waals surface area (Å²) in [6.07, 6.45) is 6.34. The molecule has 1 N–H and O–H groups in total. The van der Waals surface area contributed by atoms with Gasteiger partial charge >= 0.3 is 0 Å². The summed E-state index contributed by atoms with van der Waals surface area (Å²) >= 11 is 5.78. The summed E-state index contributed by atoms with van der Waals surface area (Å²) in [5.74, 6) is 1.57. The molecule has 1 unspecified atom stereocenters. The zero-order valence-electron chi connectivity index (χ0n) is 10.9. The molecule has 0 saturated heterocycles. The van der Waals surface area contributed by atoms with Crippen LogP contribution in [0.2, 0.25) is 0 Å². The van der Waals surface area contributed by atoms with Crippen LogP contribution in [0.5, 0.6) is 0 Å². The standard InChI is InChI=1S/C13H28ClN/c1-5-7-8-12(6-2)11-15-13(3,4)9-10-14/h12,15H,5-11H2,1-4H3. The van der Waals surface area contributed by atoms with E-state index in [1.807, 2.05) is 0 Å².